The van der Waals surface area contributed by atoms with Gasteiger partial charge in [-0.25, -0.2) is 0 Å². The molecule has 0 unspecified atom stereocenters. The van der Waals surface area contributed by atoms with Gasteiger partial charge in [-0.15, -0.1) is 0 Å². The molecule has 1 aromatic heterocycles. The van der Waals surface area contributed by atoms with E-state index < -0.39 is 10.2 Å². The van der Waals surface area contributed by atoms with Gasteiger partial charge in [-0.3, -0.25) is 4.90 Å². The topological polar surface area (TPSA) is 72.6 Å². The van der Waals surface area contributed by atoms with Crippen molar-refractivity contribution in [1.82, 2.24) is 18.1 Å². The molecule has 0 aromatic carbocycles. The lowest BCUT2D eigenvalue weighted by Gasteiger charge is -2.36. The number of nitriles is 1. The van der Waals surface area contributed by atoms with Gasteiger partial charge >= 0.3 is 0 Å². The van der Waals surface area contributed by atoms with Crippen LogP contribution in [0, 0.1) is 24.2 Å². The fraction of sp³-hybridized carbons (Fsp3) is 0.706. The highest BCUT2D eigenvalue weighted by atomic mass is 32.2. The highest BCUT2D eigenvalue weighted by Gasteiger charge is 2.39. The van der Waals surface area contributed by atoms with E-state index in [4.69, 9.17) is 0 Å². The van der Waals surface area contributed by atoms with Gasteiger partial charge in [0.25, 0.3) is 10.2 Å². The van der Waals surface area contributed by atoms with Crippen LogP contribution in [0.4, 0.5) is 0 Å². The molecule has 0 radical (unpaired) electrons. The van der Waals surface area contributed by atoms with Gasteiger partial charge in [-0.1, -0.05) is 0 Å². The second-order valence-corrected chi connectivity index (χ2v) is 9.59. The highest BCUT2D eigenvalue weighted by Crippen LogP contribution is 2.31. The molecule has 2 bridgehead atoms. The summed E-state index contributed by atoms with van der Waals surface area (Å²) in [6, 6.07) is 4.43. The van der Waals surface area contributed by atoms with E-state index in [2.05, 4.69) is 11.0 Å². The summed E-state index contributed by atoms with van der Waals surface area (Å²) in [5.74, 6) is 0.368. The molecular formula is C17H27N5O2S. The minimum absolute atomic E-state index is 0.235. The first-order valence-electron chi connectivity index (χ1n) is 8.71. The molecule has 0 amide bonds. The maximum absolute atomic E-state index is 12.6. The summed E-state index contributed by atoms with van der Waals surface area (Å²) in [7, 11) is 1.73. The molecular weight excluding hydrogens is 338 g/mol. The van der Waals surface area contributed by atoms with Crippen LogP contribution in [0.25, 0.3) is 0 Å². The fourth-order valence-electron chi connectivity index (χ4n) is 4.00. The van der Waals surface area contributed by atoms with Crippen LogP contribution in [0.1, 0.15) is 29.8 Å². The molecule has 8 heteroatoms. The van der Waals surface area contributed by atoms with Gasteiger partial charge in [0.1, 0.15) is 11.8 Å². The van der Waals surface area contributed by atoms with Crippen molar-refractivity contribution < 1.29 is 8.42 Å². The SMILES string of the molecule is Cc1c(CN2C[C@@H]3CC[C@H]2CN(S(=O)(=O)N(C)C)C3)cc(C#N)n1C. The summed E-state index contributed by atoms with van der Waals surface area (Å²) in [5.41, 5.74) is 2.94. The minimum Gasteiger partial charge on any atom is -0.340 e. The zero-order valence-corrected chi connectivity index (χ0v) is 16.3. The fourth-order valence-corrected chi connectivity index (χ4v) is 5.22. The van der Waals surface area contributed by atoms with E-state index in [1.165, 1.54) is 4.31 Å². The Morgan fingerprint density at radius 2 is 2.00 bits per heavy atom. The number of fused-ring (bicyclic) bond motifs is 4. The molecule has 0 spiro atoms. The molecule has 1 aromatic rings. The largest absolute Gasteiger partial charge is 0.340 e. The lowest BCUT2D eigenvalue weighted by atomic mass is 9.94. The van der Waals surface area contributed by atoms with E-state index in [-0.39, 0.29) is 6.04 Å². The molecule has 3 saturated heterocycles. The van der Waals surface area contributed by atoms with Crippen molar-refractivity contribution in [3.63, 3.8) is 0 Å². The van der Waals surface area contributed by atoms with Gasteiger partial charge in [0.05, 0.1) is 0 Å². The normalized spacial score (nSPS) is 25.3. The summed E-state index contributed by atoms with van der Waals surface area (Å²) >= 11 is 0. The second-order valence-electron chi connectivity index (χ2n) is 7.44. The van der Waals surface area contributed by atoms with E-state index >= 15 is 0 Å². The molecule has 0 N–H and O–H groups in total. The standard InChI is InChI=1S/C17H27N5O2S/c1-13-15(7-17(8-18)20(13)4)11-21-9-14-5-6-16(21)12-22(10-14)25(23,24)19(2)3/h7,14,16H,5-6,9-12H2,1-4H3/t14-,16-/m0/s1. The van der Waals surface area contributed by atoms with Gasteiger partial charge in [-0.2, -0.15) is 22.3 Å². The zero-order chi connectivity index (χ0) is 18.4. The van der Waals surface area contributed by atoms with Gasteiger partial charge in [0, 0.05) is 59.1 Å². The Morgan fingerprint density at radius 3 is 2.60 bits per heavy atom. The minimum atomic E-state index is -3.37. The molecule has 3 aliphatic rings. The monoisotopic (exact) mass is 365 g/mol. The first kappa shape index (κ1) is 18.4. The molecule has 0 aliphatic carbocycles. The Morgan fingerprint density at radius 1 is 1.28 bits per heavy atom. The van der Waals surface area contributed by atoms with Crippen LogP contribution in [0.2, 0.25) is 0 Å². The summed E-state index contributed by atoms with van der Waals surface area (Å²) in [4.78, 5) is 2.41. The number of aromatic nitrogens is 1. The van der Waals surface area contributed by atoms with Crippen LogP contribution in [0.5, 0.6) is 0 Å². The van der Waals surface area contributed by atoms with Crippen molar-refractivity contribution in [3.8, 4) is 6.07 Å². The van der Waals surface area contributed by atoms with E-state index in [1.54, 1.807) is 18.4 Å². The molecule has 138 valence electrons. The predicted octanol–water partition coefficient (Wildman–Crippen LogP) is 0.908. The van der Waals surface area contributed by atoms with Crippen LogP contribution >= 0.6 is 0 Å². The average Bonchev–Trinajstić information content (AvgIpc) is 2.77. The molecule has 0 saturated carbocycles. The van der Waals surface area contributed by atoms with Gasteiger partial charge in [0.15, 0.2) is 0 Å². The number of rotatable bonds is 4. The van der Waals surface area contributed by atoms with Crippen molar-refractivity contribution in [3.05, 3.63) is 23.0 Å². The van der Waals surface area contributed by atoms with Crippen LogP contribution in [-0.2, 0) is 23.8 Å². The Hall–Kier alpha value is -1.40. The summed E-state index contributed by atoms with van der Waals surface area (Å²) in [5, 5.41) is 9.23. The maximum Gasteiger partial charge on any atom is 0.281 e. The maximum atomic E-state index is 12.6. The van der Waals surface area contributed by atoms with Crippen LogP contribution in [0.15, 0.2) is 6.07 Å². The number of hydrogen-bond donors (Lipinski definition) is 0. The Kier molecular flexibility index (Phi) is 4.95. The highest BCUT2D eigenvalue weighted by molar-refractivity contribution is 7.86. The molecule has 3 aliphatic heterocycles. The predicted molar refractivity (Wildman–Crippen MR) is 96.0 cm³/mol. The molecule has 4 rings (SSSR count). The number of nitrogens with zero attached hydrogens (tertiary/aromatic N) is 5. The van der Waals surface area contributed by atoms with Crippen LogP contribution in [0.3, 0.4) is 0 Å². The number of piperidine rings is 1. The van der Waals surface area contributed by atoms with Crippen molar-refractivity contribution in [2.45, 2.75) is 32.4 Å². The van der Waals surface area contributed by atoms with Crippen molar-refractivity contribution >= 4 is 10.2 Å². The average molecular weight is 366 g/mol. The first-order chi connectivity index (χ1) is 11.7. The molecule has 3 fully saturated rings. The molecule has 7 nitrogen and oxygen atoms in total. The Bertz CT molecular complexity index is 793. The summed E-state index contributed by atoms with van der Waals surface area (Å²) in [6.45, 7) is 4.88. The van der Waals surface area contributed by atoms with Crippen LogP contribution in [-0.4, -0.2) is 66.3 Å². The molecule has 25 heavy (non-hydrogen) atoms. The Labute approximate surface area is 150 Å². The van der Waals surface area contributed by atoms with Crippen molar-refractivity contribution in [2.24, 2.45) is 13.0 Å². The quantitative estimate of drug-likeness (QED) is 0.795. The second kappa shape index (κ2) is 6.72. The van der Waals surface area contributed by atoms with E-state index in [0.29, 0.717) is 24.7 Å². The lowest BCUT2D eigenvalue weighted by molar-refractivity contribution is 0.125. The van der Waals surface area contributed by atoms with E-state index in [1.807, 2.05) is 24.6 Å². The van der Waals surface area contributed by atoms with Gasteiger partial charge < -0.3 is 4.57 Å². The third kappa shape index (κ3) is 3.34. The van der Waals surface area contributed by atoms with Crippen LogP contribution < -0.4 is 0 Å². The Balaban J connectivity index is 1.81. The van der Waals surface area contributed by atoms with Gasteiger partial charge in [-0.05, 0) is 37.3 Å². The summed E-state index contributed by atoms with van der Waals surface area (Å²) in [6.07, 6.45) is 2.11. The van der Waals surface area contributed by atoms with E-state index in [0.717, 1.165) is 37.2 Å². The molecule has 4 heterocycles. The first-order valence-corrected chi connectivity index (χ1v) is 10.1. The van der Waals surface area contributed by atoms with Crippen molar-refractivity contribution in [1.29, 1.82) is 5.26 Å². The van der Waals surface area contributed by atoms with E-state index in [9.17, 15) is 13.7 Å². The summed E-state index contributed by atoms with van der Waals surface area (Å²) < 4.78 is 30.0. The smallest absolute Gasteiger partial charge is 0.281 e. The van der Waals surface area contributed by atoms with Gasteiger partial charge in [0.2, 0.25) is 0 Å². The molecule has 2 atom stereocenters. The lowest BCUT2D eigenvalue weighted by Crippen LogP contribution is -2.45. The zero-order valence-electron chi connectivity index (χ0n) is 15.4. The number of hydrogen-bond acceptors (Lipinski definition) is 4. The third-order valence-corrected chi connectivity index (χ3v) is 7.58. The third-order valence-electron chi connectivity index (χ3n) is 5.71. The van der Waals surface area contributed by atoms with Crippen molar-refractivity contribution in [2.75, 3.05) is 33.7 Å².